The van der Waals surface area contributed by atoms with Gasteiger partial charge in [0.2, 0.25) is 0 Å². The Labute approximate surface area is 141 Å². The first kappa shape index (κ1) is 18.6. The lowest BCUT2D eigenvalue weighted by atomic mass is 9.87. The van der Waals surface area contributed by atoms with Gasteiger partial charge >= 0.3 is 0 Å². The lowest BCUT2D eigenvalue weighted by Crippen LogP contribution is -2.14. The van der Waals surface area contributed by atoms with Crippen LogP contribution in [0, 0.1) is 0 Å². The van der Waals surface area contributed by atoms with Gasteiger partial charge in [0.1, 0.15) is 5.69 Å². The standard InChI is InChI=1S/C16H21N3OS.ClH/c1-16(2,3)11-4-6-12(7-5-11)18-15(20)13-10-21-14(19-13)8-9-17;/h4-7,10H,8-9,17H2,1-3H3,(H,18,20);1H. The van der Waals surface area contributed by atoms with E-state index in [9.17, 15) is 4.79 Å². The molecule has 1 aromatic carbocycles. The predicted octanol–water partition coefficient (Wildman–Crippen LogP) is 3.62. The number of carbonyl (C=O) groups is 1. The number of amides is 1. The van der Waals surface area contributed by atoms with E-state index in [1.54, 1.807) is 5.38 Å². The maximum atomic E-state index is 12.1. The van der Waals surface area contributed by atoms with Crippen LogP contribution in [0.4, 0.5) is 5.69 Å². The van der Waals surface area contributed by atoms with Gasteiger partial charge in [-0.05, 0) is 29.7 Å². The number of thiazole rings is 1. The first-order chi connectivity index (χ1) is 9.90. The Bertz CT molecular complexity index is 617. The third kappa shape index (κ3) is 4.80. The average molecular weight is 340 g/mol. The van der Waals surface area contributed by atoms with Gasteiger partial charge in [-0.2, -0.15) is 0 Å². The Morgan fingerprint density at radius 3 is 2.45 bits per heavy atom. The van der Waals surface area contributed by atoms with Gasteiger partial charge < -0.3 is 11.1 Å². The molecule has 0 saturated carbocycles. The highest BCUT2D eigenvalue weighted by Crippen LogP contribution is 2.23. The van der Waals surface area contributed by atoms with E-state index < -0.39 is 0 Å². The SMILES string of the molecule is CC(C)(C)c1ccc(NC(=O)c2csc(CCN)n2)cc1.Cl. The minimum Gasteiger partial charge on any atom is -0.330 e. The second-order valence-corrected chi connectivity index (χ2v) is 6.89. The molecule has 0 aliphatic carbocycles. The molecule has 2 aromatic rings. The lowest BCUT2D eigenvalue weighted by Gasteiger charge is -2.19. The van der Waals surface area contributed by atoms with Crippen molar-refractivity contribution >= 4 is 35.3 Å². The van der Waals surface area contributed by atoms with Gasteiger partial charge in [-0.3, -0.25) is 4.79 Å². The first-order valence-electron chi connectivity index (χ1n) is 6.96. The molecule has 0 spiro atoms. The molecule has 22 heavy (non-hydrogen) atoms. The maximum absolute atomic E-state index is 12.1. The van der Waals surface area contributed by atoms with Crippen LogP contribution >= 0.6 is 23.7 Å². The van der Waals surface area contributed by atoms with Crippen LogP contribution in [0.15, 0.2) is 29.6 Å². The van der Waals surface area contributed by atoms with Gasteiger partial charge in [-0.1, -0.05) is 32.9 Å². The van der Waals surface area contributed by atoms with Crippen molar-refractivity contribution in [2.75, 3.05) is 11.9 Å². The van der Waals surface area contributed by atoms with Crippen molar-refractivity contribution in [2.24, 2.45) is 5.73 Å². The molecule has 4 nitrogen and oxygen atoms in total. The van der Waals surface area contributed by atoms with Crippen molar-refractivity contribution in [2.45, 2.75) is 32.6 Å². The Morgan fingerprint density at radius 1 is 1.27 bits per heavy atom. The fraction of sp³-hybridized carbons (Fsp3) is 0.375. The summed E-state index contributed by atoms with van der Waals surface area (Å²) in [5.74, 6) is -0.182. The minimum absolute atomic E-state index is 0. The summed E-state index contributed by atoms with van der Waals surface area (Å²) in [6.07, 6.45) is 0.707. The second-order valence-electron chi connectivity index (χ2n) is 5.95. The maximum Gasteiger partial charge on any atom is 0.275 e. The molecular formula is C16H22ClN3OS. The fourth-order valence-corrected chi connectivity index (χ4v) is 2.70. The van der Waals surface area contributed by atoms with E-state index in [4.69, 9.17) is 5.73 Å². The largest absolute Gasteiger partial charge is 0.330 e. The van der Waals surface area contributed by atoms with Gasteiger partial charge in [0.25, 0.3) is 5.91 Å². The summed E-state index contributed by atoms with van der Waals surface area (Å²) >= 11 is 1.47. The van der Waals surface area contributed by atoms with E-state index in [1.807, 2.05) is 24.3 Å². The number of hydrogen-bond acceptors (Lipinski definition) is 4. The molecule has 1 heterocycles. The number of nitrogens with one attached hydrogen (secondary N) is 1. The molecule has 1 aromatic heterocycles. The molecule has 120 valence electrons. The number of anilines is 1. The van der Waals surface area contributed by atoms with Crippen LogP contribution in [-0.4, -0.2) is 17.4 Å². The summed E-state index contributed by atoms with van der Waals surface area (Å²) in [4.78, 5) is 16.4. The fourth-order valence-electron chi connectivity index (χ4n) is 1.90. The van der Waals surface area contributed by atoms with Gasteiger partial charge in [-0.25, -0.2) is 4.98 Å². The van der Waals surface area contributed by atoms with Crippen LogP contribution in [0.1, 0.15) is 41.8 Å². The van der Waals surface area contributed by atoms with Crippen molar-refractivity contribution in [3.05, 3.63) is 45.9 Å². The quantitative estimate of drug-likeness (QED) is 0.894. The van der Waals surface area contributed by atoms with Crippen LogP contribution in [0.2, 0.25) is 0 Å². The molecule has 0 saturated heterocycles. The van der Waals surface area contributed by atoms with Gasteiger partial charge in [-0.15, -0.1) is 23.7 Å². The highest BCUT2D eigenvalue weighted by Gasteiger charge is 2.14. The molecular weight excluding hydrogens is 318 g/mol. The number of carbonyl (C=O) groups excluding carboxylic acids is 1. The van der Waals surface area contributed by atoms with Gasteiger partial charge in [0.15, 0.2) is 0 Å². The molecule has 0 aliphatic rings. The number of hydrogen-bond donors (Lipinski definition) is 2. The van der Waals surface area contributed by atoms with E-state index in [2.05, 4.69) is 31.1 Å². The smallest absolute Gasteiger partial charge is 0.275 e. The zero-order chi connectivity index (χ0) is 15.5. The molecule has 2 rings (SSSR count). The Hall–Kier alpha value is -1.43. The van der Waals surface area contributed by atoms with Crippen LogP contribution in [-0.2, 0) is 11.8 Å². The predicted molar refractivity (Wildman–Crippen MR) is 95.2 cm³/mol. The molecule has 0 radical (unpaired) electrons. The van der Waals surface area contributed by atoms with E-state index in [1.165, 1.54) is 16.9 Å². The zero-order valence-electron chi connectivity index (χ0n) is 13.1. The molecule has 3 N–H and O–H groups in total. The second kappa shape index (κ2) is 7.72. The molecule has 1 amide bonds. The summed E-state index contributed by atoms with van der Waals surface area (Å²) in [5.41, 5.74) is 8.05. The van der Waals surface area contributed by atoms with Crippen molar-refractivity contribution in [1.82, 2.24) is 4.98 Å². The van der Waals surface area contributed by atoms with Crippen molar-refractivity contribution in [1.29, 1.82) is 0 Å². The third-order valence-electron chi connectivity index (χ3n) is 3.15. The lowest BCUT2D eigenvalue weighted by molar-refractivity contribution is 0.102. The number of halogens is 1. The number of nitrogens with two attached hydrogens (primary N) is 1. The highest BCUT2D eigenvalue weighted by molar-refractivity contribution is 7.09. The molecule has 0 aliphatic heterocycles. The van der Waals surface area contributed by atoms with E-state index in [-0.39, 0.29) is 23.7 Å². The Balaban J connectivity index is 0.00000242. The van der Waals surface area contributed by atoms with Crippen LogP contribution in [0.3, 0.4) is 0 Å². The van der Waals surface area contributed by atoms with Crippen molar-refractivity contribution < 1.29 is 4.79 Å². The molecule has 6 heteroatoms. The average Bonchev–Trinajstić information content (AvgIpc) is 2.87. The van der Waals surface area contributed by atoms with E-state index >= 15 is 0 Å². The molecule has 0 atom stereocenters. The topological polar surface area (TPSA) is 68.0 Å². The highest BCUT2D eigenvalue weighted by atomic mass is 35.5. The molecule has 0 fully saturated rings. The third-order valence-corrected chi connectivity index (χ3v) is 4.06. The summed E-state index contributed by atoms with van der Waals surface area (Å²) in [6, 6.07) is 7.92. The van der Waals surface area contributed by atoms with Gasteiger partial charge in [0, 0.05) is 17.5 Å². The Morgan fingerprint density at radius 2 is 1.91 bits per heavy atom. The molecule has 0 bridgehead atoms. The van der Waals surface area contributed by atoms with Crippen LogP contribution in [0.25, 0.3) is 0 Å². The normalized spacial score (nSPS) is 10.9. The van der Waals surface area contributed by atoms with Crippen LogP contribution < -0.4 is 11.1 Å². The summed E-state index contributed by atoms with van der Waals surface area (Å²) in [7, 11) is 0. The zero-order valence-corrected chi connectivity index (χ0v) is 14.7. The van der Waals surface area contributed by atoms with E-state index in [0.717, 1.165) is 10.7 Å². The minimum atomic E-state index is -0.182. The van der Waals surface area contributed by atoms with Crippen molar-refractivity contribution in [3.8, 4) is 0 Å². The monoisotopic (exact) mass is 339 g/mol. The van der Waals surface area contributed by atoms with Gasteiger partial charge in [0.05, 0.1) is 5.01 Å². The van der Waals surface area contributed by atoms with E-state index in [0.29, 0.717) is 18.7 Å². The van der Waals surface area contributed by atoms with Crippen molar-refractivity contribution in [3.63, 3.8) is 0 Å². The van der Waals surface area contributed by atoms with Crippen LogP contribution in [0.5, 0.6) is 0 Å². The Kier molecular flexibility index (Phi) is 6.53. The number of nitrogens with zero attached hydrogens (tertiary/aromatic N) is 1. The number of rotatable bonds is 4. The number of aromatic nitrogens is 1. The number of benzene rings is 1. The first-order valence-corrected chi connectivity index (χ1v) is 7.84. The molecule has 0 unspecified atom stereocenters. The summed E-state index contributed by atoms with van der Waals surface area (Å²) in [5, 5.41) is 5.53. The summed E-state index contributed by atoms with van der Waals surface area (Å²) in [6.45, 7) is 7.03. The summed E-state index contributed by atoms with van der Waals surface area (Å²) < 4.78 is 0.